The molecule has 1 aromatic carbocycles. The second-order valence-corrected chi connectivity index (χ2v) is 5.34. The SMILES string of the molecule is Cc1nn(C)c(C)c1CNc1ccc2c(c1)OCCCO2. The van der Waals surface area contributed by atoms with Gasteiger partial charge in [0, 0.05) is 43.0 Å². The molecule has 0 atom stereocenters. The van der Waals surface area contributed by atoms with Gasteiger partial charge in [-0.15, -0.1) is 0 Å². The summed E-state index contributed by atoms with van der Waals surface area (Å²) in [5.41, 5.74) is 4.53. The van der Waals surface area contributed by atoms with Gasteiger partial charge >= 0.3 is 0 Å². The fourth-order valence-electron chi connectivity index (χ4n) is 2.54. The third-order valence-electron chi connectivity index (χ3n) is 3.88. The molecule has 112 valence electrons. The topological polar surface area (TPSA) is 48.3 Å². The zero-order valence-electron chi connectivity index (χ0n) is 12.8. The van der Waals surface area contributed by atoms with Gasteiger partial charge in [-0.1, -0.05) is 0 Å². The Balaban J connectivity index is 1.75. The number of rotatable bonds is 3. The van der Waals surface area contributed by atoms with Gasteiger partial charge in [0.2, 0.25) is 0 Å². The quantitative estimate of drug-likeness (QED) is 0.943. The van der Waals surface area contributed by atoms with E-state index in [0.29, 0.717) is 13.2 Å². The molecule has 1 aliphatic rings. The average molecular weight is 287 g/mol. The fraction of sp³-hybridized carbons (Fsp3) is 0.438. The van der Waals surface area contributed by atoms with Gasteiger partial charge in [-0.05, 0) is 26.0 Å². The van der Waals surface area contributed by atoms with Crippen LogP contribution in [0.15, 0.2) is 18.2 Å². The summed E-state index contributed by atoms with van der Waals surface area (Å²) in [7, 11) is 1.97. The maximum absolute atomic E-state index is 5.71. The molecule has 0 saturated heterocycles. The van der Waals surface area contributed by atoms with Crippen LogP contribution >= 0.6 is 0 Å². The van der Waals surface area contributed by atoms with Crippen molar-refractivity contribution < 1.29 is 9.47 Å². The summed E-state index contributed by atoms with van der Waals surface area (Å²) in [6.45, 7) is 6.30. The number of hydrogen-bond acceptors (Lipinski definition) is 4. The lowest BCUT2D eigenvalue weighted by atomic mass is 10.2. The van der Waals surface area contributed by atoms with Gasteiger partial charge in [0.25, 0.3) is 0 Å². The molecule has 0 amide bonds. The first-order valence-electron chi connectivity index (χ1n) is 7.28. The van der Waals surface area contributed by atoms with Crippen molar-refractivity contribution in [2.45, 2.75) is 26.8 Å². The zero-order chi connectivity index (χ0) is 14.8. The highest BCUT2D eigenvalue weighted by molar-refractivity contribution is 5.55. The van der Waals surface area contributed by atoms with Crippen molar-refractivity contribution in [3.63, 3.8) is 0 Å². The molecule has 0 radical (unpaired) electrons. The summed E-state index contributed by atoms with van der Waals surface area (Å²) in [5, 5.41) is 7.88. The van der Waals surface area contributed by atoms with Gasteiger partial charge in [-0.3, -0.25) is 4.68 Å². The highest BCUT2D eigenvalue weighted by atomic mass is 16.5. The van der Waals surface area contributed by atoms with E-state index in [4.69, 9.17) is 9.47 Å². The van der Waals surface area contributed by atoms with E-state index in [1.807, 2.05) is 36.9 Å². The lowest BCUT2D eigenvalue weighted by molar-refractivity contribution is 0.297. The molecule has 2 heterocycles. The van der Waals surface area contributed by atoms with E-state index >= 15 is 0 Å². The summed E-state index contributed by atoms with van der Waals surface area (Å²) in [4.78, 5) is 0. The smallest absolute Gasteiger partial charge is 0.163 e. The number of fused-ring (bicyclic) bond motifs is 1. The Bertz CT molecular complexity index is 649. The molecular formula is C16H21N3O2. The predicted octanol–water partition coefficient (Wildman–Crippen LogP) is 2.81. The van der Waals surface area contributed by atoms with E-state index in [2.05, 4.69) is 17.3 Å². The van der Waals surface area contributed by atoms with Crippen molar-refractivity contribution in [2.75, 3.05) is 18.5 Å². The highest BCUT2D eigenvalue weighted by Gasteiger charge is 2.12. The molecule has 0 aliphatic carbocycles. The number of nitrogens with one attached hydrogen (secondary N) is 1. The van der Waals surface area contributed by atoms with Gasteiger partial charge in [0.05, 0.1) is 18.9 Å². The number of benzene rings is 1. The zero-order valence-corrected chi connectivity index (χ0v) is 12.8. The maximum Gasteiger partial charge on any atom is 0.163 e. The van der Waals surface area contributed by atoms with Gasteiger partial charge in [0.1, 0.15) is 0 Å². The van der Waals surface area contributed by atoms with Crippen molar-refractivity contribution in [1.29, 1.82) is 0 Å². The van der Waals surface area contributed by atoms with E-state index < -0.39 is 0 Å². The second kappa shape index (κ2) is 5.68. The molecule has 0 fully saturated rings. The second-order valence-electron chi connectivity index (χ2n) is 5.34. The third-order valence-corrected chi connectivity index (χ3v) is 3.88. The van der Waals surface area contributed by atoms with Crippen LogP contribution in [0.25, 0.3) is 0 Å². The standard InChI is InChI=1S/C16H21N3O2/c1-11-14(12(2)19(3)18-11)10-17-13-5-6-15-16(9-13)21-8-4-7-20-15/h5-6,9,17H,4,7-8,10H2,1-3H3. The molecule has 0 saturated carbocycles. The van der Waals surface area contributed by atoms with Crippen LogP contribution in [0.5, 0.6) is 11.5 Å². The molecular weight excluding hydrogens is 266 g/mol. The molecule has 5 nitrogen and oxygen atoms in total. The monoisotopic (exact) mass is 287 g/mol. The molecule has 1 aliphatic heterocycles. The minimum Gasteiger partial charge on any atom is -0.490 e. The molecule has 0 spiro atoms. The van der Waals surface area contributed by atoms with Crippen LogP contribution in [-0.4, -0.2) is 23.0 Å². The molecule has 5 heteroatoms. The van der Waals surface area contributed by atoms with Crippen LogP contribution in [0, 0.1) is 13.8 Å². The van der Waals surface area contributed by atoms with Crippen molar-refractivity contribution in [3.8, 4) is 11.5 Å². The van der Waals surface area contributed by atoms with E-state index in [1.54, 1.807) is 0 Å². The van der Waals surface area contributed by atoms with E-state index in [9.17, 15) is 0 Å². The van der Waals surface area contributed by atoms with Crippen molar-refractivity contribution in [2.24, 2.45) is 7.05 Å². The average Bonchev–Trinajstić information content (AvgIpc) is 2.66. The Morgan fingerprint density at radius 3 is 2.67 bits per heavy atom. The number of ether oxygens (including phenoxy) is 2. The van der Waals surface area contributed by atoms with Crippen molar-refractivity contribution >= 4 is 5.69 Å². The first kappa shape index (κ1) is 13.8. The first-order chi connectivity index (χ1) is 10.1. The van der Waals surface area contributed by atoms with Crippen LogP contribution in [0.2, 0.25) is 0 Å². The van der Waals surface area contributed by atoms with Gasteiger partial charge in [-0.25, -0.2) is 0 Å². The minimum absolute atomic E-state index is 0.706. The number of aryl methyl sites for hydroxylation is 2. The highest BCUT2D eigenvalue weighted by Crippen LogP contribution is 2.32. The number of hydrogen-bond donors (Lipinski definition) is 1. The Hall–Kier alpha value is -2.17. The third kappa shape index (κ3) is 2.82. The van der Waals surface area contributed by atoms with Gasteiger partial charge in [-0.2, -0.15) is 5.10 Å². The normalized spacial score (nSPS) is 13.9. The van der Waals surface area contributed by atoms with Crippen LogP contribution in [0.4, 0.5) is 5.69 Å². The summed E-state index contributed by atoms with van der Waals surface area (Å²) in [5.74, 6) is 1.64. The van der Waals surface area contributed by atoms with E-state index in [-0.39, 0.29) is 0 Å². The largest absolute Gasteiger partial charge is 0.490 e. The number of aromatic nitrogens is 2. The minimum atomic E-state index is 0.706. The lowest BCUT2D eigenvalue weighted by Gasteiger charge is -2.11. The van der Waals surface area contributed by atoms with E-state index in [0.717, 1.165) is 35.8 Å². The molecule has 3 rings (SSSR count). The molecule has 21 heavy (non-hydrogen) atoms. The van der Waals surface area contributed by atoms with Crippen LogP contribution in [0.3, 0.4) is 0 Å². The predicted molar refractivity (Wildman–Crippen MR) is 82.1 cm³/mol. The van der Waals surface area contributed by atoms with Crippen molar-refractivity contribution in [1.82, 2.24) is 9.78 Å². The molecule has 2 aromatic rings. The Kier molecular flexibility index (Phi) is 3.73. The summed E-state index contributed by atoms with van der Waals surface area (Å²) >= 11 is 0. The summed E-state index contributed by atoms with van der Waals surface area (Å²) in [6, 6.07) is 5.99. The number of anilines is 1. The Morgan fingerprint density at radius 1 is 1.19 bits per heavy atom. The fourth-order valence-corrected chi connectivity index (χ4v) is 2.54. The van der Waals surface area contributed by atoms with Crippen molar-refractivity contribution in [3.05, 3.63) is 35.2 Å². The molecule has 0 unspecified atom stereocenters. The van der Waals surface area contributed by atoms with E-state index in [1.165, 1.54) is 11.3 Å². The molecule has 1 N–H and O–H groups in total. The van der Waals surface area contributed by atoms with Crippen LogP contribution in [-0.2, 0) is 13.6 Å². The maximum atomic E-state index is 5.71. The number of nitrogens with zero attached hydrogens (tertiary/aromatic N) is 2. The van der Waals surface area contributed by atoms with Gasteiger partial charge in [0.15, 0.2) is 11.5 Å². The summed E-state index contributed by atoms with van der Waals surface area (Å²) in [6.07, 6.45) is 0.922. The van der Waals surface area contributed by atoms with Crippen LogP contribution in [0.1, 0.15) is 23.4 Å². The van der Waals surface area contributed by atoms with Crippen LogP contribution < -0.4 is 14.8 Å². The molecule has 0 bridgehead atoms. The summed E-state index contributed by atoms with van der Waals surface area (Å²) < 4.78 is 13.3. The Labute approximate surface area is 124 Å². The lowest BCUT2D eigenvalue weighted by Crippen LogP contribution is -2.03. The first-order valence-corrected chi connectivity index (χ1v) is 7.28. The molecule has 1 aromatic heterocycles. The van der Waals surface area contributed by atoms with Gasteiger partial charge < -0.3 is 14.8 Å². The Morgan fingerprint density at radius 2 is 1.95 bits per heavy atom.